The minimum Gasteiger partial charge on any atom is -0.497 e. The molecule has 0 aliphatic carbocycles. The number of benzene rings is 2. The Hall–Kier alpha value is -3.10. The predicted molar refractivity (Wildman–Crippen MR) is 134 cm³/mol. The number of halogens is 1. The van der Waals surface area contributed by atoms with Gasteiger partial charge in [-0.1, -0.05) is 23.7 Å². The molecule has 172 valence electrons. The molecule has 0 atom stereocenters. The molecule has 0 saturated heterocycles. The van der Waals surface area contributed by atoms with E-state index in [2.05, 4.69) is 15.3 Å². The van der Waals surface area contributed by atoms with Crippen molar-refractivity contribution in [2.45, 2.75) is 32.2 Å². The van der Waals surface area contributed by atoms with E-state index in [-0.39, 0.29) is 11.5 Å². The molecular weight excluding hydrogens is 460 g/mol. The van der Waals surface area contributed by atoms with E-state index in [1.54, 1.807) is 11.7 Å². The lowest BCUT2D eigenvalue weighted by Gasteiger charge is -2.08. The number of amides is 1. The van der Waals surface area contributed by atoms with Crippen molar-refractivity contribution in [2.75, 3.05) is 13.7 Å². The molecule has 2 aromatic carbocycles. The molecule has 7 nitrogen and oxygen atoms in total. The Balaban J connectivity index is 1.33. The number of nitrogens with one attached hydrogen (secondary N) is 3. The first-order valence-electron chi connectivity index (χ1n) is 10.8. The Kier molecular flexibility index (Phi) is 7.15. The van der Waals surface area contributed by atoms with Crippen LogP contribution >= 0.6 is 23.8 Å². The first-order valence-corrected chi connectivity index (χ1v) is 11.6. The van der Waals surface area contributed by atoms with E-state index in [1.807, 2.05) is 42.5 Å². The van der Waals surface area contributed by atoms with Gasteiger partial charge in [0.15, 0.2) is 4.77 Å². The fourth-order valence-electron chi connectivity index (χ4n) is 3.83. The van der Waals surface area contributed by atoms with Crippen molar-refractivity contribution in [3.63, 3.8) is 0 Å². The topological polar surface area (TPSA) is 91.9 Å². The highest BCUT2D eigenvalue weighted by molar-refractivity contribution is 7.71. The van der Waals surface area contributed by atoms with Crippen molar-refractivity contribution in [1.29, 1.82) is 0 Å². The lowest BCUT2D eigenvalue weighted by atomic mass is 10.1. The summed E-state index contributed by atoms with van der Waals surface area (Å²) in [5.41, 5.74) is 2.94. The molecule has 4 rings (SSSR count). The molecule has 0 spiro atoms. The number of methoxy groups -OCH3 is 1. The number of hydrogen-bond acceptors (Lipinski definition) is 4. The quantitative estimate of drug-likeness (QED) is 0.236. The second-order valence-corrected chi connectivity index (χ2v) is 8.68. The molecule has 9 heteroatoms. The zero-order valence-electron chi connectivity index (χ0n) is 18.2. The van der Waals surface area contributed by atoms with E-state index in [9.17, 15) is 9.59 Å². The molecule has 4 aromatic rings. The Morgan fingerprint density at radius 1 is 1.12 bits per heavy atom. The summed E-state index contributed by atoms with van der Waals surface area (Å²) in [6, 6.07) is 13.2. The highest BCUT2D eigenvalue weighted by atomic mass is 35.5. The molecule has 0 aliphatic heterocycles. The summed E-state index contributed by atoms with van der Waals surface area (Å²) in [5, 5.41) is 4.49. The van der Waals surface area contributed by atoms with Crippen molar-refractivity contribution in [3.05, 3.63) is 68.2 Å². The molecule has 0 aliphatic rings. The van der Waals surface area contributed by atoms with Crippen LogP contribution in [0.2, 0.25) is 5.02 Å². The number of aromatic nitrogens is 3. The van der Waals surface area contributed by atoms with E-state index in [1.165, 1.54) is 0 Å². The fourth-order valence-corrected chi connectivity index (χ4v) is 4.24. The molecule has 0 fully saturated rings. The summed E-state index contributed by atoms with van der Waals surface area (Å²) >= 11 is 11.3. The van der Waals surface area contributed by atoms with Crippen molar-refractivity contribution in [1.82, 2.24) is 19.9 Å². The van der Waals surface area contributed by atoms with Crippen molar-refractivity contribution < 1.29 is 9.53 Å². The van der Waals surface area contributed by atoms with Crippen molar-refractivity contribution >= 4 is 51.7 Å². The highest BCUT2D eigenvalue weighted by Crippen LogP contribution is 2.25. The van der Waals surface area contributed by atoms with Crippen LogP contribution in [0.15, 0.2) is 47.3 Å². The average Bonchev–Trinajstić information content (AvgIpc) is 3.17. The smallest absolute Gasteiger partial charge is 0.278 e. The third-order valence-electron chi connectivity index (χ3n) is 5.63. The third kappa shape index (κ3) is 5.29. The molecule has 1 amide bonds. The van der Waals surface area contributed by atoms with Crippen LogP contribution in [0.5, 0.6) is 5.75 Å². The maximum Gasteiger partial charge on any atom is 0.278 e. The van der Waals surface area contributed by atoms with Crippen LogP contribution in [0.4, 0.5) is 0 Å². The summed E-state index contributed by atoms with van der Waals surface area (Å²) < 4.78 is 7.19. The maximum atomic E-state index is 13.0. The molecule has 33 heavy (non-hydrogen) atoms. The molecule has 0 saturated carbocycles. The standard InChI is InChI=1S/C24H25ClN4O3S/c1-32-17-9-10-19-18(14-17)21-22(27-19)23(31)29(24(33)28-21)13-3-2-4-20(30)26-12-11-15-5-7-16(25)8-6-15/h5-10,14,27H,2-4,11-13H2,1H3,(H,26,30)(H,28,33). The van der Waals surface area contributed by atoms with Crippen LogP contribution in [0.3, 0.4) is 0 Å². The highest BCUT2D eigenvalue weighted by Gasteiger charge is 2.12. The number of carbonyl (C=O) groups excluding carboxylic acids is 1. The van der Waals surface area contributed by atoms with Gasteiger partial charge in [-0.3, -0.25) is 14.2 Å². The minimum absolute atomic E-state index is 0.00138. The predicted octanol–water partition coefficient (Wildman–Crippen LogP) is 4.73. The number of carbonyl (C=O) groups is 1. The van der Waals surface area contributed by atoms with Crippen molar-refractivity contribution in [2.24, 2.45) is 0 Å². The van der Waals surface area contributed by atoms with Gasteiger partial charge in [-0.25, -0.2) is 0 Å². The summed E-state index contributed by atoms with van der Waals surface area (Å²) in [7, 11) is 1.60. The molecule has 3 N–H and O–H groups in total. The summed E-state index contributed by atoms with van der Waals surface area (Å²) in [6.45, 7) is 1.02. The Labute approximate surface area is 200 Å². The van der Waals surface area contributed by atoms with E-state index in [4.69, 9.17) is 28.6 Å². The summed E-state index contributed by atoms with van der Waals surface area (Å²) in [5.74, 6) is 0.708. The van der Waals surface area contributed by atoms with Crippen LogP contribution in [-0.2, 0) is 17.8 Å². The lowest BCUT2D eigenvalue weighted by Crippen LogP contribution is -2.26. The molecule has 0 radical (unpaired) electrons. The first-order chi connectivity index (χ1) is 16.0. The number of aromatic amines is 2. The number of H-pyrrole nitrogens is 2. The van der Waals surface area contributed by atoms with Gasteiger partial charge >= 0.3 is 0 Å². The molecule has 2 heterocycles. The Morgan fingerprint density at radius 2 is 1.91 bits per heavy atom. The van der Waals surface area contributed by atoms with Gasteiger partial charge in [-0.05, 0) is 67.4 Å². The van der Waals surface area contributed by atoms with Gasteiger partial charge in [0.2, 0.25) is 5.91 Å². The van der Waals surface area contributed by atoms with Gasteiger partial charge in [0, 0.05) is 35.4 Å². The number of hydrogen-bond donors (Lipinski definition) is 3. The zero-order chi connectivity index (χ0) is 23.4. The van der Waals surface area contributed by atoms with Gasteiger partial charge in [0.05, 0.1) is 12.6 Å². The van der Waals surface area contributed by atoms with Crippen LogP contribution in [0, 0.1) is 4.77 Å². The van der Waals surface area contributed by atoms with Crippen LogP contribution in [0.25, 0.3) is 21.9 Å². The number of unbranched alkanes of at least 4 members (excludes halogenated alkanes) is 1. The van der Waals surface area contributed by atoms with Gasteiger partial charge in [-0.15, -0.1) is 0 Å². The van der Waals surface area contributed by atoms with Gasteiger partial charge in [0.25, 0.3) is 5.56 Å². The van der Waals surface area contributed by atoms with E-state index >= 15 is 0 Å². The lowest BCUT2D eigenvalue weighted by molar-refractivity contribution is -0.121. The van der Waals surface area contributed by atoms with Crippen LogP contribution < -0.4 is 15.6 Å². The van der Waals surface area contributed by atoms with Gasteiger partial charge < -0.3 is 20.0 Å². The minimum atomic E-state index is -0.170. The Bertz CT molecular complexity index is 1410. The number of ether oxygens (including phenoxy) is 1. The fraction of sp³-hybridized carbons (Fsp3) is 0.292. The molecule has 0 unspecified atom stereocenters. The SMILES string of the molecule is COc1ccc2[nH]c3c(=O)n(CCCCC(=O)NCCc4ccc(Cl)cc4)c(=S)[nH]c3c2c1. The molecule has 2 aromatic heterocycles. The Morgan fingerprint density at radius 3 is 2.67 bits per heavy atom. The number of rotatable bonds is 9. The van der Waals surface area contributed by atoms with Crippen LogP contribution in [-0.4, -0.2) is 34.1 Å². The van der Waals surface area contributed by atoms with Crippen LogP contribution in [0.1, 0.15) is 24.8 Å². The first kappa shape index (κ1) is 23.1. The normalized spacial score (nSPS) is 11.2. The van der Waals surface area contributed by atoms with E-state index in [0.717, 1.165) is 22.9 Å². The van der Waals surface area contributed by atoms with Gasteiger partial charge in [-0.2, -0.15) is 0 Å². The average molecular weight is 485 g/mol. The van der Waals surface area contributed by atoms with E-state index < -0.39 is 0 Å². The second-order valence-electron chi connectivity index (χ2n) is 7.86. The number of fused-ring (bicyclic) bond motifs is 3. The summed E-state index contributed by atoms with van der Waals surface area (Å²) in [4.78, 5) is 31.5. The largest absolute Gasteiger partial charge is 0.497 e. The summed E-state index contributed by atoms with van der Waals surface area (Å²) in [6.07, 6.45) is 2.49. The second kappa shape index (κ2) is 10.2. The molecular formula is C24H25ClN4O3S. The third-order valence-corrected chi connectivity index (χ3v) is 6.20. The zero-order valence-corrected chi connectivity index (χ0v) is 19.8. The number of nitrogens with zero attached hydrogens (tertiary/aromatic N) is 1. The maximum absolute atomic E-state index is 13.0. The molecule has 0 bridgehead atoms. The monoisotopic (exact) mass is 484 g/mol. The van der Waals surface area contributed by atoms with E-state index in [0.29, 0.717) is 58.9 Å². The van der Waals surface area contributed by atoms with Crippen molar-refractivity contribution in [3.8, 4) is 5.75 Å². The van der Waals surface area contributed by atoms with Gasteiger partial charge in [0.1, 0.15) is 11.3 Å².